The zero-order valence-electron chi connectivity index (χ0n) is 10.2. The van der Waals surface area contributed by atoms with E-state index in [4.69, 9.17) is 0 Å². The van der Waals surface area contributed by atoms with E-state index in [9.17, 15) is 13.2 Å². The van der Waals surface area contributed by atoms with Crippen molar-refractivity contribution >= 4 is 15.9 Å². The predicted molar refractivity (Wildman–Crippen MR) is 73.1 cm³/mol. The maximum absolute atomic E-state index is 12.6. The van der Waals surface area contributed by atoms with Crippen LogP contribution in [0, 0.1) is 0 Å². The molecule has 0 saturated carbocycles. The van der Waals surface area contributed by atoms with Crippen LogP contribution in [0.5, 0.6) is 0 Å². The van der Waals surface area contributed by atoms with Gasteiger partial charge in [-0.15, -0.1) is 0 Å². The molecule has 100 valence electrons. The summed E-state index contributed by atoms with van der Waals surface area (Å²) >= 11 is 3.24. The van der Waals surface area contributed by atoms with E-state index in [1.54, 1.807) is 0 Å². The second-order valence-electron chi connectivity index (χ2n) is 4.37. The fraction of sp³-hybridized carbons (Fsp3) is 0.200. The van der Waals surface area contributed by atoms with Crippen LogP contribution in [0.4, 0.5) is 13.2 Å². The molecule has 1 unspecified atom stereocenters. The van der Waals surface area contributed by atoms with Crippen molar-refractivity contribution in [2.45, 2.75) is 19.0 Å². The first-order valence-electron chi connectivity index (χ1n) is 5.81. The van der Waals surface area contributed by atoms with E-state index in [0.29, 0.717) is 4.47 Å². The molecule has 0 saturated heterocycles. The third-order valence-corrected chi connectivity index (χ3v) is 3.78. The first kappa shape index (κ1) is 14.1. The van der Waals surface area contributed by atoms with Gasteiger partial charge in [0.2, 0.25) is 0 Å². The highest BCUT2D eigenvalue weighted by atomic mass is 79.9. The first-order chi connectivity index (χ1) is 8.89. The molecule has 0 aliphatic carbocycles. The van der Waals surface area contributed by atoms with E-state index in [1.165, 1.54) is 6.07 Å². The molecule has 0 N–H and O–H groups in total. The molecule has 0 aliphatic heterocycles. The second kappa shape index (κ2) is 5.37. The average molecular weight is 329 g/mol. The van der Waals surface area contributed by atoms with Crippen molar-refractivity contribution in [1.29, 1.82) is 0 Å². The van der Waals surface area contributed by atoms with Crippen molar-refractivity contribution in [2.24, 2.45) is 0 Å². The van der Waals surface area contributed by atoms with Crippen LogP contribution >= 0.6 is 15.9 Å². The van der Waals surface area contributed by atoms with Gasteiger partial charge in [-0.25, -0.2) is 0 Å². The highest BCUT2D eigenvalue weighted by Crippen LogP contribution is 2.36. The molecule has 19 heavy (non-hydrogen) atoms. The Labute approximate surface area is 118 Å². The van der Waals surface area contributed by atoms with Crippen LogP contribution in [0.2, 0.25) is 0 Å². The van der Waals surface area contributed by atoms with Gasteiger partial charge in [-0.2, -0.15) is 13.2 Å². The highest BCUT2D eigenvalue weighted by Gasteiger charge is 2.31. The molecule has 2 rings (SSSR count). The standard InChI is InChI=1S/C15H12BrF3/c1-10(11-5-3-2-4-6-11)13-8-7-12(9-14(13)16)15(17,18)19/h2-10H,1H3. The van der Waals surface area contributed by atoms with Crippen LogP contribution in [-0.2, 0) is 6.18 Å². The average Bonchev–Trinajstić information content (AvgIpc) is 2.38. The Hall–Kier alpha value is -1.29. The molecule has 0 nitrogen and oxygen atoms in total. The smallest absolute Gasteiger partial charge is 0.166 e. The zero-order valence-corrected chi connectivity index (χ0v) is 11.8. The summed E-state index contributed by atoms with van der Waals surface area (Å²) in [4.78, 5) is 0. The maximum atomic E-state index is 12.6. The summed E-state index contributed by atoms with van der Waals surface area (Å²) < 4.78 is 38.3. The number of halogens is 4. The van der Waals surface area contributed by atoms with E-state index < -0.39 is 11.7 Å². The summed E-state index contributed by atoms with van der Waals surface area (Å²) in [6.45, 7) is 1.97. The van der Waals surface area contributed by atoms with E-state index in [1.807, 2.05) is 37.3 Å². The molecular formula is C15H12BrF3. The van der Waals surface area contributed by atoms with Gasteiger partial charge >= 0.3 is 6.18 Å². The van der Waals surface area contributed by atoms with Crippen molar-refractivity contribution in [3.05, 3.63) is 69.7 Å². The van der Waals surface area contributed by atoms with Crippen molar-refractivity contribution in [3.8, 4) is 0 Å². The Bertz CT molecular complexity index is 561. The number of rotatable bonds is 2. The van der Waals surface area contributed by atoms with Crippen LogP contribution in [0.3, 0.4) is 0 Å². The lowest BCUT2D eigenvalue weighted by Crippen LogP contribution is -2.06. The van der Waals surface area contributed by atoms with E-state index in [-0.39, 0.29) is 5.92 Å². The topological polar surface area (TPSA) is 0 Å². The Kier molecular flexibility index (Phi) is 3.99. The fourth-order valence-electron chi connectivity index (χ4n) is 1.98. The SMILES string of the molecule is CC(c1ccccc1)c1ccc(C(F)(F)F)cc1Br. The van der Waals surface area contributed by atoms with Gasteiger partial charge < -0.3 is 0 Å². The summed E-state index contributed by atoms with van der Waals surface area (Å²) in [5.41, 5.74) is 1.28. The van der Waals surface area contributed by atoms with Gasteiger partial charge in [-0.3, -0.25) is 0 Å². The number of hydrogen-bond donors (Lipinski definition) is 0. The lowest BCUT2D eigenvalue weighted by molar-refractivity contribution is -0.137. The summed E-state index contributed by atoms with van der Waals surface area (Å²) in [6, 6.07) is 13.5. The molecule has 0 aliphatic rings. The Balaban J connectivity index is 2.37. The highest BCUT2D eigenvalue weighted by molar-refractivity contribution is 9.10. The third kappa shape index (κ3) is 3.18. The van der Waals surface area contributed by atoms with Gasteiger partial charge in [0.25, 0.3) is 0 Å². The Morgan fingerprint density at radius 1 is 1.00 bits per heavy atom. The van der Waals surface area contributed by atoms with Crippen LogP contribution in [0.15, 0.2) is 53.0 Å². The molecule has 1 atom stereocenters. The fourth-order valence-corrected chi connectivity index (χ4v) is 2.70. The van der Waals surface area contributed by atoms with Crippen LogP contribution < -0.4 is 0 Å². The Morgan fingerprint density at radius 3 is 2.16 bits per heavy atom. The van der Waals surface area contributed by atoms with Gasteiger partial charge in [0.1, 0.15) is 0 Å². The van der Waals surface area contributed by atoms with Gasteiger partial charge in [0.15, 0.2) is 0 Å². The van der Waals surface area contributed by atoms with Crippen LogP contribution in [-0.4, -0.2) is 0 Å². The largest absolute Gasteiger partial charge is 0.416 e. The van der Waals surface area contributed by atoms with Gasteiger partial charge in [-0.1, -0.05) is 59.3 Å². The number of benzene rings is 2. The Morgan fingerprint density at radius 2 is 1.63 bits per heavy atom. The van der Waals surface area contributed by atoms with Crippen LogP contribution in [0.1, 0.15) is 29.5 Å². The summed E-state index contributed by atoms with van der Waals surface area (Å²) in [5.74, 6) is 0.0397. The van der Waals surface area contributed by atoms with Crippen LogP contribution in [0.25, 0.3) is 0 Å². The van der Waals surface area contributed by atoms with E-state index in [0.717, 1.165) is 23.3 Å². The lowest BCUT2D eigenvalue weighted by atomic mass is 9.92. The summed E-state index contributed by atoms with van der Waals surface area (Å²) in [6.07, 6.45) is -4.31. The minimum Gasteiger partial charge on any atom is -0.166 e. The number of hydrogen-bond acceptors (Lipinski definition) is 0. The molecule has 0 aromatic heterocycles. The molecule has 2 aromatic rings. The summed E-state index contributed by atoms with van der Waals surface area (Å²) in [5, 5.41) is 0. The van der Waals surface area contributed by atoms with E-state index >= 15 is 0 Å². The van der Waals surface area contributed by atoms with Crippen molar-refractivity contribution < 1.29 is 13.2 Å². The predicted octanol–water partition coefficient (Wildman–Crippen LogP) is 5.62. The molecule has 4 heteroatoms. The molecule has 0 amide bonds. The van der Waals surface area contributed by atoms with Gasteiger partial charge in [0.05, 0.1) is 5.56 Å². The molecule has 0 heterocycles. The van der Waals surface area contributed by atoms with Crippen molar-refractivity contribution in [2.75, 3.05) is 0 Å². The minimum atomic E-state index is -4.31. The summed E-state index contributed by atoms with van der Waals surface area (Å²) in [7, 11) is 0. The first-order valence-corrected chi connectivity index (χ1v) is 6.60. The third-order valence-electron chi connectivity index (χ3n) is 3.09. The monoisotopic (exact) mass is 328 g/mol. The molecule has 2 aromatic carbocycles. The quantitative estimate of drug-likeness (QED) is 0.671. The molecular weight excluding hydrogens is 317 g/mol. The van der Waals surface area contributed by atoms with Crippen molar-refractivity contribution in [3.63, 3.8) is 0 Å². The second-order valence-corrected chi connectivity index (χ2v) is 5.22. The zero-order chi connectivity index (χ0) is 14.0. The van der Waals surface area contributed by atoms with Gasteiger partial charge in [-0.05, 0) is 23.3 Å². The molecule has 0 fully saturated rings. The van der Waals surface area contributed by atoms with Crippen molar-refractivity contribution in [1.82, 2.24) is 0 Å². The normalized spacial score (nSPS) is 13.3. The lowest BCUT2D eigenvalue weighted by Gasteiger charge is -2.16. The van der Waals surface area contributed by atoms with E-state index in [2.05, 4.69) is 15.9 Å². The maximum Gasteiger partial charge on any atom is 0.416 e. The molecule has 0 spiro atoms. The number of alkyl halides is 3. The molecule has 0 radical (unpaired) electrons. The molecule has 0 bridgehead atoms. The minimum absolute atomic E-state index is 0.0397. The van der Waals surface area contributed by atoms with Gasteiger partial charge in [0, 0.05) is 10.4 Å².